The van der Waals surface area contributed by atoms with Crippen LogP contribution in [0, 0.1) is 12.8 Å². The van der Waals surface area contributed by atoms with E-state index in [4.69, 9.17) is 16.3 Å². The van der Waals surface area contributed by atoms with E-state index in [0.717, 1.165) is 43.1 Å². The van der Waals surface area contributed by atoms with Crippen LogP contribution in [0.15, 0.2) is 23.2 Å². The molecule has 0 aliphatic heterocycles. The summed E-state index contributed by atoms with van der Waals surface area (Å²) >= 11 is 5.94. The van der Waals surface area contributed by atoms with Crippen molar-refractivity contribution in [2.24, 2.45) is 10.9 Å². The zero-order valence-electron chi connectivity index (χ0n) is 15.6. The van der Waals surface area contributed by atoms with Gasteiger partial charge in [0.25, 0.3) is 0 Å². The number of aryl methyl sites for hydroxylation is 1. The molecule has 0 bridgehead atoms. The Hall–Kier alpha value is -1.95. The molecular formula is C19H29ClN4O2. The van der Waals surface area contributed by atoms with Crippen LogP contribution in [0.3, 0.4) is 0 Å². The number of amides is 1. The maximum atomic E-state index is 11.6. The summed E-state index contributed by atoms with van der Waals surface area (Å²) in [5.74, 6) is 2.04. The number of halogens is 1. The second-order valence-electron chi connectivity index (χ2n) is 6.36. The van der Waals surface area contributed by atoms with Crippen molar-refractivity contribution in [2.75, 3.05) is 32.8 Å². The van der Waals surface area contributed by atoms with E-state index in [0.29, 0.717) is 31.3 Å². The first kappa shape index (κ1) is 20.4. The predicted molar refractivity (Wildman–Crippen MR) is 106 cm³/mol. The van der Waals surface area contributed by atoms with Crippen molar-refractivity contribution in [1.29, 1.82) is 0 Å². The molecule has 0 atom stereocenters. The largest absolute Gasteiger partial charge is 0.493 e. The fourth-order valence-corrected chi connectivity index (χ4v) is 2.64. The number of nitrogens with zero attached hydrogens (tertiary/aromatic N) is 1. The van der Waals surface area contributed by atoms with Crippen LogP contribution >= 0.6 is 11.6 Å². The highest BCUT2D eigenvalue weighted by atomic mass is 35.5. The average Bonchev–Trinajstić information content (AvgIpc) is 3.44. The molecule has 1 saturated carbocycles. The lowest BCUT2D eigenvalue weighted by atomic mass is 10.2. The fraction of sp³-hybridized carbons (Fsp3) is 0.579. The summed E-state index contributed by atoms with van der Waals surface area (Å²) in [6, 6.07) is 5.62. The second-order valence-corrected chi connectivity index (χ2v) is 6.80. The molecule has 0 heterocycles. The Labute approximate surface area is 160 Å². The number of carbonyl (C=O) groups is 1. The highest BCUT2D eigenvalue weighted by Gasteiger charge is 2.28. The van der Waals surface area contributed by atoms with Crippen LogP contribution in [0.25, 0.3) is 0 Å². The third kappa shape index (κ3) is 7.52. The van der Waals surface area contributed by atoms with Gasteiger partial charge >= 0.3 is 0 Å². The first-order valence-electron chi connectivity index (χ1n) is 9.29. The highest BCUT2D eigenvalue weighted by Crippen LogP contribution is 2.28. The molecule has 0 aromatic heterocycles. The van der Waals surface area contributed by atoms with Gasteiger partial charge in [-0.05, 0) is 50.5 Å². The molecule has 26 heavy (non-hydrogen) atoms. The predicted octanol–water partition coefficient (Wildman–Crippen LogP) is 2.50. The van der Waals surface area contributed by atoms with Gasteiger partial charge < -0.3 is 20.7 Å². The minimum absolute atomic E-state index is 0.170. The molecule has 1 aliphatic carbocycles. The van der Waals surface area contributed by atoms with Crippen LogP contribution in [-0.4, -0.2) is 44.7 Å². The van der Waals surface area contributed by atoms with Crippen molar-refractivity contribution in [1.82, 2.24) is 16.0 Å². The molecule has 7 heteroatoms. The zero-order chi connectivity index (χ0) is 18.8. The van der Waals surface area contributed by atoms with Crippen LogP contribution in [0.4, 0.5) is 0 Å². The SMILES string of the molecule is CCNC(=NCCCOc1ccc(Cl)cc1C)NCCNC(=O)C1CC1. The van der Waals surface area contributed by atoms with Crippen molar-refractivity contribution in [3.8, 4) is 5.75 Å². The number of rotatable bonds is 10. The van der Waals surface area contributed by atoms with Gasteiger partial charge in [0.15, 0.2) is 5.96 Å². The fourth-order valence-electron chi connectivity index (χ4n) is 2.41. The first-order chi connectivity index (χ1) is 12.6. The van der Waals surface area contributed by atoms with E-state index >= 15 is 0 Å². The number of benzene rings is 1. The van der Waals surface area contributed by atoms with Crippen LogP contribution in [0.2, 0.25) is 5.02 Å². The molecule has 1 fully saturated rings. The van der Waals surface area contributed by atoms with Gasteiger partial charge in [-0.3, -0.25) is 9.79 Å². The van der Waals surface area contributed by atoms with E-state index in [-0.39, 0.29) is 11.8 Å². The van der Waals surface area contributed by atoms with Gasteiger partial charge in [0.1, 0.15) is 5.75 Å². The molecule has 0 radical (unpaired) electrons. The Morgan fingerprint density at radius 2 is 2.04 bits per heavy atom. The third-order valence-corrected chi connectivity index (χ3v) is 4.21. The van der Waals surface area contributed by atoms with E-state index in [9.17, 15) is 4.79 Å². The second kappa shape index (κ2) is 10.9. The smallest absolute Gasteiger partial charge is 0.223 e. The summed E-state index contributed by atoms with van der Waals surface area (Å²) in [5.41, 5.74) is 1.03. The normalized spacial score (nSPS) is 14.0. The minimum Gasteiger partial charge on any atom is -0.493 e. The van der Waals surface area contributed by atoms with E-state index in [1.807, 2.05) is 32.0 Å². The molecule has 2 rings (SSSR count). The van der Waals surface area contributed by atoms with Crippen molar-refractivity contribution in [2.45, 2.75) is 33.1 Å². The average molecular weight is 381 g/mol. The summed E-state index contributed by atoms with van der Waals surface area (Å²) in [5, 5.41) is 10.1. The molecule has 6 nitrogen and oxygen atoms in total. The van der Waals surface area contributed by atoms with Crippen LogP contribution in [0.1, 0.15) is 31.7 Å². The monoisotopic (exact) mass is 380 g/mol. The van der Waals surface area contributed by atoms with Crippen LogP contribution < -0.4 is 20.7 Å². The maximum Gasteiger partial charge on any atom is 0.223 e. The molecule has 0 saturated heterocycles. The van der Waals surface area contributed by atoms with E-state index in [2.05, 4.69) is 20.9 Å². The molecule has 144 valence electrons. The number of hydrogen-bond donors (Lipinski definition) is 3. The summed E-state index contributed by atoms with van der Waals surface area (Å²) in [6.07, 6.45) is 2.87. The molecule has 0 unspecified atom stereocenters. The quantitative estimate of drug-likeness (QED) is 0.331. The summed E-state index contributed by atoms with van der Waals surface area (Å²) < 4.78 is 5.77. The maximum absolute atomic E-state index is 11.6. The lowest BCUT2D eigenvalue weighted by Gasteiger charge is -2.12. The van der Waals surface area contributed by atoms with Crippen LogP contribution in [0.5, 0.6) is 5.75 Å². The number of guanidine groups is 1. The Morgan fingerprint density at radius 1 is 1.27 bits per heavy atom. The van der Waals surface area contributed by atoms with Crippen LogP contribution in [-0.2, 0) is 4.79 Å². The minimum atomic E-state index is 0.170. The summed E-state index contributed by atoms with van der Waals surface area (Å²) in [7, 11) is 0. The summed E-state index contributed by atoms with van der Waals surface area (Å²) in [4.78, 5) is 16.1. The topological polar surface area (TPSA) is 74.8 Å². The number of hydrogen-bond acceptors (Lipinski definition) is 3. The Balaban J connectivity index is 1.63. The first-order valence-corrected chi connectivity index (χ1v) is 9.66. The molecule has 1 aromatic carbocycles. The van der Waals surface area contributed by atoms with Gasteiger partial charge in [-0.25, -0.2) is 0 Å². The van der Waals surface area contributed by atoms with Gasteiger partial charge in [0.05, 0.1) is 6.61 Å². The van der Waals surface area contributed by atoms with Crippen molar-refractivity contribution >= 4 is 23.5 Å². The van der Waals surface area contributed by atoms with E-state index in [1.165, 1.54) is 0 Å². The van der Waals surface area contributed by atoms with Gasteiger partial charge in [-0.15, -0.1) is 0 Å². The van der Waals surface area contributed by atoms with Gasteiger partial charge in [0.2, 0.25) is 5.91 Å². The summed E-state index contributed by atoms with van der Waals surface area (Å²) in [6.45, 7) is 7.33. The lowest BCUT2D eigenvalue weighted by Crippen LogP contribution is -2.41. The Morgan fingerprint density at radius 3 is 2.73 bits per heavy atom. The number of ether oxygens (including phenoxy) is 1. The van der Waals surface area contributed by atoms with Gasteiger partial charge in [-0.1, -0.05) is 11.6 Å². The third-order valence-electron chi connectivity index (χ3n) is 3.98. The highest BCUT2D eigenvalue weighted by molar-refractivity contribution is 6.30. The van der Waals surface area contributed by atoms with Gasteiger partial charge in [-0.2, -0.15) is 0 Å². The van der Waals surface area contributed by atoms with Crippen molar-refractivity contribution in [3.05, 3.63) is 28.8 Å². The zero-order valence-corrected chi connectivity index (χ0v) is 16.4. The lowest BCUT2D eigenvalue weighted by molar-refractivity contribution is -0.122. The van der Waals surface area contributed by atoms with Crippen molar-refractivity contribution in [3.63, 3.8) is 0 Å². The molecule has 3 N–H and O–H groups in total. The number of aliphatic imine (C=N–C) groups is 1. The Kier molecular flexibility index (Phi) is 8.54. The molecule has 1 aliphatic rings. The Bertz CT molecular complexity index is 618. The van der Waals surface area contributed by atoms with Crippen molar-refractivity contribution < 1.29 is 9.53 Å². The standard InChI is InChI=1S/C19H29ClN4O2/c1-3-21-19(24-11-10-22-18(25)15-5-6-15)23-9-4-12-26-17-8-7-16(20)13-14(17)2/h7-8,13,15H,3-6,9-12H2,1-2H3,(H,22,25)(H2,21,23,24). The molecular weight excluding hydrogens is 352 g/mol. The molecule has 0 spiro atoms. The molecule has 1 aromatic rings. The molecule has 1 amide bonds. The van der Waals surface area contributed by atoms with E-state index < -0.39 is 0 Å². The van der Waals surface area contributed by atoms with Gasteiger partial charge in [0, 0.05) is 43.5 Å². The number of carbonyl (C=O) groups excluding carboxylic acids is 1. The van der Waals surface area contributed by atoms with E-state index in [1.54, 1.807) is 0 Å². The number of nitrogens with one attached hydrogen (secondary N) is 3.